The van der Waals surface area contributed by atoms with E-state index in [0.29, 0.717) is 16.3 Å². The number of benzene rings is 2. The summed E-state index contributed by atoms with van der Waals surface area (Å²) in [6.45, 7) is 5.29. The molecule has 0 fully saturated rings. The summed E-state index contributed by atoms with van der Waals surface area (Å²) < 4.78 is 15.1. The van der Waals surface area contributed by atoms with Gasteiger partial charge in [0.25, 0.3) is 11.5 Å². The van der Waals surface area contributed by atoms with Crippen LogP contribution in [0, 0.1) is 5.82 Å². The molecule has 0 aliphatic carbocycles. The predicted octanol–water partition coefficient (Wildman–Crippen LogP) is 4.91. The lowest BCUT2D eigenvalue weighted by Crippen LogP contribution is -2.32. The maximum Gasteiger partial charge on any atom is 0.274 e. The summed E-state index contributed by atoms with van der Waals surface area (Å²) in [5.74, 6) is -1.12. The molecule has 0 bridgehead atoms. The van der Waals surface area contributed by atoms with Gasteiger partial charge in [-0.2, -0.15) is 5.10 Å². The number of aromatic nitrogens is 2. The number of nitrogens with zero attached hydrogens (tertiary/aromatic N) is 2. The van der Waals surface area contributed by atoms with Crippen molar-refractivity contribution >= 4 is 39.9 Å². The summed E-state index contributed by atoms with van der Waals surface area (Å²) in [7, 11) is 0. The van der Waals surface area contributed by atoms with Crippen LogP contribution in [0.3, 0.4) is 0 Å². The number of nitrogens with one attached hydrogen (secondary N) is 1. The number of rotatable bonds is 4. The quantitative estimate of drug-likeness (QED) is 0.608. The molecule has 2 aromatic carbocycles. The highest BCUT2D eigenvalue weighted by atomic mass is 35.5. The number of amides is 1. The maximum atomic E-state index is 13.8. The third-order valence-electron chi connectivity index (χ3n) is 4.39. The van der Waals surface area contributed by atoms with E-state index < -0.39 is 17.8 Å². The van der Waals surface area contributed by atoms with E-state index in [4.69, 9.17) is 23.2 Å². The van der Waals surface area contributed by atoms with Crippen LogP contribution < -0.4 is 10.9 Å². The Kier molecular flexibility index (Phi) is 5.72. The van der Waals surface area contributed by atoms with Crippen molar-refractivity contribution < 1.29 is 9.18 Å². The second-order valence-electron chi connectivity index (χ2n) is 6.72. The molecule has 0 saturated carbocycles. The standard InChI is InChI=1S/C20H18Cl2FN3O2/c1-10(2)26-20(28)13-7-5-4-6-12(13)18(25-26)19(27)24-11(3)14-8-17(23)16(22)9-15(14)21/h4-11H,1-3H3,(H,24,27). The number of hydrogen-bond donors (Lipinski definition) is 1. The summed E-state index contributed by atoms with van der Waals surface area (Å²) in [5.41, 5.74) is 0.234. The van der Waals surface area contributed by atoms with Crippen molar-refractivity contribution in [2.24, 2.45) is 0 Å². The lowest BCUT2D eigenvalue weighted by Gasteiger charge is -2.18. The summed E-state index contributed by atoms with van der Waals surface area (Å²) >= 11 is 11.9. The first kappa shape index (κ1) is 20.3. The molecular formula is C20H18Cl2FN3O2. The van der Waals surface area contributed by atoms with Crippen molar-refractivity contribution in [3.05, 3.63) is 73.9 Å². The molecule has 28 heavy (non-hydrogen) atoms. The summed E-state index contributed by atoms with van der Waals surface area (Å²) in [6.07, 6.45) is 0. The van der Waals surface area contributed by atoms with E-state index >= 15 is 0 Å². The second-order valence-corrected chi connectivity index (χ2v) is 7.54. The monoisotopic (exact) mass is 421 g/mol. The van der Waals surface area contributed by atoms with E-state index in [1.807, 2.05) is 13.8 Å². The van der Waals surface area contributed by atoms with E-state index in [9.17, 15) is 14.0 Å². The molecule has 0 saturated heterocycles. The Bertz CT molecular complexity index is 1130. The first-order valence-corrected chi connectivity index (χ1v) is 9.43. The van der Waals surface area contributed by atoms with Crippen molar-refractivity contribution in [1.29, 1.82) is 0 Å². The van der Waals surface area contributed by atoms with Gasteiger partial charge in [0.15, 0.2) is 5.69 Å². The van der Waals surface area contributed by atoms with Crippen LogP contribution >= 0.6 is 23.2 Å². The average molecular weight is 422 g/mol. The molecule has 1 heterocycles. The van der Waals surface area contributed by atoms with Crippen LogP contribution in [0.4, 0.5) is 4.39 Å². The maximum absolute atomic E-state index is 13.8. The molecule has 3 rings (SSSR count). The predicted molar refractivity (Wildman–Crippen MR) is 109 cm³/mol. The van der Waals surface area contributed by atoms with Crippen LogP contribution in [0.5, 0.6) is 0 Å². The van der Waals surface area contributed by atoms with Crippen molar-refractivity contribution in [1.82, 2.24) is 15.1 Å². The zero-order chi connectivity index (χ0) is 20.6. The molecule has 1 N–H and O–H groups in total. The van der Waals surface area contributed by atoms with E-state index in [-0.39, 0.29) is 27.3 Å². The SMILES string of the molecule is CC(NC(=O)c1nn(C(C)C)c(=O)c2ccccc12)c1cc(F)c(Cl)cc1Cl. The Hall–Kier alpha value is -2.44. The minimum atomic E-state index is -0.626. The summed E-state index contributed by atoms with van der Waals surface area (Å²) in [6, 6.07) is 8.45. The lowest BCUT2D eigenvalue weighted by atomic mass is 10.1. The Morgan fingerprint density at radius 3 is 2.39 bits per heavy atom. The molecule has 0 aliphatic rings. The van der Waals surface area contributed by atoms with Gasteiger partial charge in [0.1, 0.15) is 5.82 Å². The van der Waals surface area contributed by atoms with Gasteiger partial charge in [-0.1, -0.05) is 41.4 Å². The number of fused-ring (bicyclic) bond motifs is 1. The molecule has 5 nitrogen and oxygen atoms in total. The molecule has 146 valence electrons. The van der Waals surface area contributed by atoms with Crippen LogP contribution in [-0.2, 0) is 0 Å². The van der Waals surface area contributed by atoms with Crippen molar-refractivity contribution in [3.8, 4) is 0 Å². The molecule has 0 radical (unpaired) electrons. The fraction of sp³-hybridized carbons (Fsp3) is 0.250. The van der Waals surface area contributed by atoms with Gasteiger partial charge >= 0.3 is 0 Å². The molecular weight excluding hydrogens is 404 g/mol. The first-order valence-electron chi connectivity index (χ1n) is 8.67. The highest BCUT2D eigenvalue weighted by Gasteiger charge is 2.21. The van der Waals surface area contributed by atoms with Gasteiger partial charge in [-0.25, -0.2) is 9.07 Å². The lowest BCUT2D eigenvalue weighted by molar-refractivity contribution is 0.0934. The third kappa shape index (κ3) is 3.75. The Labute approximate surface area is 171 Å². The van der Waals surface area contributed by atoms with Crippen molar-refractivity contribution in [3.63, 3.8) is 0 Å². The fourth-order valence-electron chi connectivity index (χ4n) is 2.94. The number of carbonyl (C=O) groups is 1. The van der Waals surface area contributed by atoms with Crippen LogP contribution in [0.1, 0.15) is 48.9 Å². The number of carbonyl (C=O) groups excluding carboxylic acids is 1. The molecule has 0 aliphatic heterocycles. The molecule has 1 amide bonds. The third-order valence-corrected chi connectivity index (χ3v) is 5.00. The van der Waals surface area contributed by atoms with Crippen LogP contribution in [0.15, 0.2) is 41.2 Å². The van der Waals surface area contributed by atoms with Gasteiger partial charge in [0.2, 0.25) is 0 Å². The van der Waals surface area contributed by atoms with E-state index in [1.54, 1.807) is 31.2 Å². The van der Waals surface area contributed by atoms with E-state index in [2.05, 4.69) is 10.4 Å². The minimum absolute atomic E-state index is 0.0936. The highest BCUT2D eigenvalue weighted by Crippen LogP contribution is 2.29. The molecule has 8 heteroatoms. The number of hydrogen-bond acceptors (Lipinski definition) is 3. The van der Waals surface area contributed by atoms with Gasteiger partial charge in [0.05, 0.1) is 22.5 Å². The topological polar surface area (TPSA) is 64.0 Å². The van der Waals surface area contributed by atoms with Gasteiger partial charge in [0, 0.05) is 10.4 Å². The second kappa shape index (κ2) is 7.89. The molecule has 1 aromatic heterocycles. The van der Waals surface area contributed by atoms with Crippen LogP contribution in [-0.4, -0.2) is 15.7 Å². The van der Waals surface area contributed by atoms with Gasteiger partial charge in [-0.15, -0.1) is 0 Å². The van der Waals surface area contributed by atoms with E-state index in [0.717, 1.165) is 0 Å². The highest BCUT2D eigenvalue weighted by molar-refractivity contribution is 6.35. The molecule has 1 atom stereocenters. The van der Waals surface area contributed by atoms with Gasteiger partial charge < -0.3 is 5.32 Å². The molecule has 3 aromatic rings. The zero-order valence-electron chi connectivity index (χ0n) is 15.5. The fourth-order valence-corrected chi connectivity index (χ4v) is 3.48. The van der Waals surface area contributed by atoms with Gasteiger partial charge in [-0.3, -0.25) is 9.59 Å². The Morgan fingerprint density at radius 1 is 1.11 bits per heavy atom. The minimum Gasteiger partial charge on any atom is -0.344 e. The number of halogens is 3. The van der Waals surface area contributed by atoms with Crippen molar-refractivity contribution in [2.75, 3.05) is 0 Å². The first-order chi connectivity index (χ1) is 13.2. The normalized spacial score (nSPS) is 12.4. The zero-order valence-corrected chi connectivity index (χ0v) is 17.0. The van der Waals surface area contributed by atoms with Crippen LogP contribution in [0.2, 0.25) is 10.0 Å². The average Bonchev–Trinajstić information content (AvgIpc) is 2.64. The van der Waals surface area contributed by atoms with Crippen molar-refractivity contribution in [2.45, 2.75) is 32.9 Å². The summed E-state index contributed by atoms with van der Waals surface area (Å²) in [4.78, 5) is 25.5. The smallest absolute Gasteiger partial charge is 0.274 e. The summed E-state index contributed by atoms with van der Waals surface area (Å²) in [5, 5.41) is 8.03. The Balaban J connectivity index is 2.03. The molecule has 0 spiro atoms. The largest absolute Gasteiger partial charge is 0.344 e. The Morgan fingerprint density at radius 2 is 1.75 bits per heavy atom. The van der Waals surface area contributed by atoms with Crippen LogP contribution in [0.25, 0.3) is 10.8 Å². The molecule has 1 unspecified atom stereocenters. The van der Waals surface area contributed by atoms with Gasteiger partial charge in [-0.05, 0) is 44.5 Å². The van der Waals surface area contributed by atoms with E-state index in [1.165, 1.54) is 16.8 Å².